The van der Waals surface area contributed by atoms with Crippen LogP contribution in [0.1, 0.15) is 38.2 Å². The predicted molar refractivity (Wildman–Crippen MR) is 73.1 cm³/mol. The van der Waals surface area contributed by atoms with E-state index < -0.39 is 0 Å². The van der Waals surface area contributed by atoms with E-state index in [9.17, 15) is 4.39 Å². The maximum atomic E-state index is 13.7. The highest BCUT2D eigenvalue weighted by Gasteiger charge is 2.07. The quantitative estimate of drug-likeness (QED) is 0.563. The van der Waals surface area contributed by atoms with Crippen molar-refractivity contribution in [1.29, 1.82) is 0 Å². The van der Waals surface area contributed by atoms with Crippen molar-refractivity contribution < 1.29 is 9.13 Å². The molecule has 3 heteroatoms. The van der Waals surface area contributed by atoms with Crippen LogP contribution in [0.2, 0.25) is 0 Å². The lowest BCUT2D eigenvalue weighted by Crippen LogP contribution is -2.04. The van der Waals surface area contributed by atoms with Gasteiger partial charge in [0.15, 0.2) is 11.6 Å². The van der Waals surface area contributed by atoms with E-state index in [2.05, 4.69) is 12.2 Å². The first-order chi connectivity index (χ1) is 8.79. The lowest BCUT2D eigenvalue weighted by Gasteiger charge is -2.09. The average Bonchev–Trinajstić information content (AvgIpc) is 2.39. The summed E-state index contributed by atoms with van der Waals surface area (Å²) in [7, 11) is 0. The first kappa shape index (κ1) is 14.7. The van der Waals surface area contributed by atoms with Gasteiger partial charge in [-0.3, -0.25) is 0 Å². The van der Waals surface area contributed by atoms with Gasteiger partial charge in [0.1, 0.15) is 0 Å². The van der Waals surface area contributed by atoms with Gasteiger partial charge in [-0.1, -0.05) is 24.3 Å². The van der Waals surface area contributed by atoms with Gasteiger partial charge in [-0.15, -0.1) is 0 Å². The average molecular weight is 251 g/mol. The summed E-state index contributed by atoms with van der Waals surface area (Å²) in [6, 6.07) is 5.10. The summed E-state index contributed by atoms with van der Waals surface area (Å²) in [5, 5.41) is 0. The number of unbranched alkanes of at least 4 members (excludes halogenated alkanes) is 3. The van der Waals surface area contributed by atoms with Crippen LogP contribution in [0.25, 0.3) is 0 Å². The topological polar surface area (TPSA) is 35.2 Å². The number of halogens is 1. The van der Waals surface area contributed by atoms with Crippen LogP contribution in [0.5, 0.6) is 5.75 Å². The molecule has 0 aromatic heterocycles. The third kappa shape index (κ3) is 4.88. The molecule has 0 bridgehead atoms. The standard InChI is InChI=1S/C15H22FNO/c1-2-3-4-5-6-7-11-18-14-10-8-9-13(12-17)15(14)16/h2-3,8-10H,4-7,11-12,17H2,1H3. The number of rotatable bonds is 8. The minimum atomic E-state index is -0.325. The fraction of sp³-hybridized carbons (Fsp3) is 0.467. The SMILES string of the molecule is CC=CCCCCCOc1cccc(CN)c1F. The molecule has 0 aliphatic carbocycles. The Hall–Kier alpha value is -1.35. The maximum absolute atomic E-state index is 13.7. The second kappa shape index (κ2) is 8.70. The van der Waals surface area contributed by atoms with Gasteiger partial charge in [-0.2, -0.15) is 0 Å². The van der Waals surface area contributed by atoms with Crippen molar-refractivity contribution in [2.75, 3.05) is 6.61 Å². The van der Waals surface area contributed by atoms with Crippen molar-refractivity contribution in [2.45, 2.75) is 39.2 Å². The van der Waals surface area contributed by atoms with E-state index in [4.69, 9.17) is 10.5 Å². The lowest BCUT2D eigenvalue weighted by molar-refractivity contribution is 0.290. The third-order valence-electron chi connectivity index (χ3n) is 2.77. The van der Waals surface area contributed by atoms with Gasteiger partial charge in [0.2, 0.25) is 0 Å². The smallest absolute Gasteiger partial charge is 0.169 e. The predicted octanol–water partition coefficient (Wildman–Crippen LogP) is 3.80. The second-order valence-electron chi connectivity index (χ2n) is 4.20. The van der Waals surface area contributed by atoms with Gasteiger partial charge in [0, 0.05) is 12.1 Å². The normalized spacial score (nSPS) is 11.1. The van der Waals surface area contributed by atoms with Crippen molar-refractivity contribution >= 4 is 0 Å². The molecule has 1 aromatic carbocycles. The molecule has 0 saturated carbocycles. The van der Waals surface area contributed by atoms with Crippen LogP contribution in [0.4, 0.5) is 4.39 Å². The summed E-state index contributed by atoms with van der Waals surface area (Å²) >= 11 is 0. The van der Waals surface area contributed by atoms with Crippen LogP contribution >= 0.6 is 0 Å². The zero-order valence-electron chi connectivity index (χ0n) is 11.0. The lowest BCUT2D eigenvalue weighted by atomic mass is 10.2. The Balaban J connectivity index is 2.27. The van der Waals surface area contributed by atoms with E-state index in [0.29, 0.717) is 17.9 Å². The molecule has 0 radical (unpaired) electrons. The summed E-state index contributed by atoms with van der Waals surface area (Å²) in [6.07, 6.45) is 8.52. The van der Waals surface area contributed by atoms with Crippen molar-refractivity contribution in [3.8, 4) is 5.75 Å². The van der Waals surface area contributed by atoms with E-state index >= 15 is 0 Å². The number of benzene rings is 1. The van der Waals surface area contributed by atoms with Crippen molar-refractivity contribution in [1.82, 2.24) is 0 Å². The maximum Gasteiger partial charge on any atom is 0.169 e. The number of hydrogen-bond donors (Lipinski definition) is 1. The van der Waals surface area contributed by atoms with Crippen LogP contribution in [0, 0.1) is 5.82 Å². The monoisotopic (exact) mass is 251 g/mol. The first-order valence-electron chi connectivity index (χ1n) is 6.51. The van der Waals surface area contributed by atoms with Gasteiger partial charge in [0.25, 0.3) is 0 Å². The highest BCUT2D eigenvalue weighted by atomic mass is 19.1. The molecule has 100 valence electrons. The van der Waals surface area contributed by atoms with Crippen LogP contribution in [0.15, 0.2) is 30.4 Å². The van der Waals surface area contributed by atoms with Crippen molar-refractivity contribution in [3.63, 3.8) is 0 Å². The van der Waals surface area contributed by atoms with E-state index in [1.807, 2.05) is 6.92 Å². The number of ether oxygens (including phenoxy) is 1. The van der Waals surface area contributed by atoms with Gasteiger partial charge in [0.05, 0.1) is 6.61 Å². The molecular weight excluding hydrogens is 229 g/mol. The zero-order chi connectivity index (χ0) is 13.2. The Morgan fingerprint density at radius 3 is 2.83 bits per heavy atom. The Kier molecular flexibility index (Phi) is 7.11. The van der Waals surface area contributed by atoms with Crippen LogP contribution in [-0.2, 0) is 6.54 Å². The van der Waals surface area contributed by atoms with Crippen molar-refractivity contribution in [3.05, 3.63) is 41.7 Å². The van der Waals surface area contributed by atoms with Crippen LogP contribution in [-0.4, -0.2) is 6.61 Å². The Bertz CT molecular complexity index is 377. The molecule has 0 heterocycles. The molecule has 2 nitrogen and oxygen atoms in total. The van der Waals surface area contributed by atoms with Crippen molar-refractivity contribution in [2.24, 2.45) is 5.73 Å². The second-order valence-corrected chi connectivity index (χ2v) is 4.20. The van der Waals surface area contributed by atoms with Gasteiger partial charge in [-0.05, 0) is 38.7 Å². The van der Waals surface area contributed by atoms with Gasteiger partial charge >= 0.3 is 0 Å². The van der Waals surface area contributed by atoms with Crippen LogP contribution in [0.3, 0.4) is 0 Å². The Morgan fingerprint density at radius 1 is 1.28 bits per heavy atom. The summed E-state index contributed by atoms with van der Waals surface area (Å²) in [6.45, 7) is 2.78. The summed E-state index contributed by atoms with van der Waals surface area (Å²) < 4.78 is 19.2. The van der Waals surface area contributed by atoms with E-state index in [-0.39, 0.29) is 12.4 Å². The van der Waals surface area contributed by atoms with Gasteiger partial charge in [-0.25, -0.2) is 4.39 Å². The van der Waals surface area contributed by atoms with E-state index in [1.54, 1.807) is 18.2 Å². The zero-order valence-corrected chi connectivity index (χ0v) is 11.0. The molecule has 0 fully saturated rings. The fourth-order valence-corrected chi connectivity index (χ4v) is 1.72. The molecule has 18 heavy (non-hydrogen) atoms. The first-order valence-corrected chi connectivity index (χ1v) is 6.51. The molecular formula is C15H22FNO. The minimum Gasteiger partial charge on any atom is -0.491 e. The molecule has 0 amide bonds. The molecule has 0 unspecified atom stereocenters. The summed E-state index contributed by atoms with van der Waals surface area (Å²) in [5.74, 6) is -0.0136. The highest BCUT2D eigenvalue weighted by molar-refractivity contribution is 5.30. The molecule has 2 N–H and O–H groups in total. The minimum absolute atomic E-state index is 0.201. The fourth-order valence-electron chi connectivity index (χ4n) is 1.72. The molecule has 0 saturated heterocycles. The molecule has 1 aromatic rings. The van der Waals surface area contributed by atoms with Crippen LogP contribution < -0.4 is 10.5 Å². The number of nitrogens with two attached hydrogens (primary N) is 1. The summed E-state index contributed by atoms with van der Waals surface area (Å²) in [5.41, 5.74) is 5.94. The number of allylic oxidation sites excluding steroid dienone is 2. The van der Waals surface area contributed by atoms with Gasteiger partial charge < -0.3 is 10.5 Å². The molecule has 0 spiro atoms. The Morgan fingerprint density at radius 2 is 2.11 bits per heavy atom. The summed E-state index contributed by atoms with van der Waals surface area (Å²) in [4.78, 5) is 0. The third-order valence-corrected chi connectivity index (χ3v) is 2.77. The molecule has 0 atom stereocenters. The van der Waals surface area contributed by atoms with E-state index in [0.717, 1.165) is 25.7 Å². The molecule has 1 rings (SSSR count). The van der Waals surface area contributed by atoms with E-state index in [1.165, 1.54) is 0 Å². The highest BCUT2D eigenvalue weighted by Crippen LogP contribution is 2.20. The molecule has 0 aliphatic heterocycles. The Labute approximate surface area is 109 Å². The largest absolute Gasteiger partial charge is 0.491 e. The molecule has 0 aliphatic rings. The number of hydrogen-bond acceptors (Lipinski definition) is 2.